The highest BCUT2D eigenvalue weighted by molar-refractivity contribution is 7.90. The maximum absolute atomic E-state index is 11.9. The van der Waals surface area contributed by atoms with Crippen LogP contribution in [0.5, 0.6) is 0 Å². The first-order chi connectivity index (χ1) is 8.40. The van der Waals surface area contributed by atoms with Crippen LogP contribution in [0.1, 0.15) is 12.5 Å². The lowest BCUT2D eigenvalue weighted by Gasteiger charge is -2.08. The molecule has 1 aromatic carbocycles. The van der Waals surface area contributed by atoms with Gasteiger partial charge in [-0.25, -0.2) is 17.9 Å². The predicted molar refractivity (Wildman–Crippen MR) is 68.9 cm³/mol. The number of benzene rings is 1. The van der Waals surface area contributed by atoms with Crippen LogP contribution in [0, 0.1) is 0 Å². The minimum absolute atomic E-state index is 0.0115. The fourth-order valence-electron chi connectivity index (χ4n) is 1.18. The fraction of sp³-hybridized carbons (Fsp3) is 0.182. The number of rotatable bonds is 4. The van der Waals surface area contributed by atoms with Gasteiger partial charge < -0.3 is 4.74 Å². The van der Waals surface area contributed by atoms with Crippen LogP contribution < -0.4 is 4.72 Å². The van der Waals surface area contributed by atoms with Crippen molar-refractivity contribution in [3.05, 3.63) is 35.4 Å². The molecule has 0 unspecified atom stereocenters. The Hall–Kier alpha value is -1.53. The van der Waals surface area contributed by atoms with Gasteiger partial charge in [-0.05, 0) is 24.6 Å². The number of halogens is 1. The van der Waals surface area contributed by atoms with Crippen LogP contribution in [-0.2, 0) is 14.8 Å². The van der Waals surface area contributed by atoms with E-state index in [2.05, 4.69) is 11.3 Å². The Balaban J connectivity index is 3.12. The summed E-state index contributed by atoms with van der Waals surface area (Å²) < 4.78 is 30.0. The molecule has 0 aliphatic heterocycles. The van der Waals surface area contributed by atoms with E-state index in [1.54, 1.807) is 17.7 Å². The lowest BCUT2D eigenvalue weighted by atomic mass is 10.2. The highest BCUT2D eigenvalue weighted by Gasteiger charge is 2.21. The van der Waals surface area contributed by atoms with Gasteiger partial charge in [-0.1, -0.05) is 30.3 Å². The molecule has 0 aliphatic carbocycles. The molecule has 0 aromatic heterocycles. The third-order valence-electron chi connectivity index (χ3n) is 1.97. The Morgan fingerprint density at radius 1 is 1.56 bits per heavy atom. The van der Waals surface area contributed by atoms with E-state index in [1.807, 2.05) is 0 Å². The van der Waals surface area contributed by atoms with Crippen LogP contribution in [0.25, 0.3) is 6.08 Å². The van der Waals surface area contributed by atoms with E-state index >= 15 is 0 Å². The summed E-state index contributed by atoms with van der Waals surface area (Å²) in [7, 11) is -4.05. The van der Waals surface area contributed by atoms with Gasteiger partial charge in [-0.15, -0.1) is 0 Å². The Kier molecular flexibility index (Phi) is 4.75. The number of nitrogens with one attached hydrogen (secondary N) is 1. The van der Waals surface area contributed by atoms with E-state index in [0.717, 1.165) is 0 Å². The second kappa shape index (κ2) is 5.88. The summed E-state index contributed by atoms with van der Waals surface area (Å²) in [5, 5.41) is 0.0115. The molecular formula is C11H12ClNO4S. The normalized spacial score (nSPS) is 10.8. The average Bonchev–Trinajstić information content (AvgIpc) is 2.29. The number of amides is 1. The van der Waals surface area contributed by atoms with Crippen molar-refractivity contribution in [1.29, 1.82) is 0 Å². The first kappa shape index (κ1) is 14.5. The molecule has 1 aromatic rings. The minimum atomic E-state index is -4.05. The molecule has 1 N–H and O–H groups in total. The first-order valence-electron chi connectivity index (χ1n) is 5.02. The van der Waals surface area contributed by atoms with Crippen molar-refractivity contribution < 1.29 is 17.9 Å². The standard InChI is InChI=1S/C11H12ClNO4S/c1-3-8-5-6-9(12)10(7-8)18(15,16)13-11(14)17-4-2/h3,5-7H,1,4H2,2H3,(H,13,14). The average molecular weight is 290 g/mol. The van der Waals surface area contributed by atoms with E-state index in [0.29, 0.717) is 5.56 Å². The number of hydrogen-bond donors (Lipinski definition) is 1. The lowest BCUT2D eigenvalue weighted by Crippen LogP contribution is -2.31. The molecule has 0 atom stereocenters. The molecule has 1 rings (SSSR count). The Bertz CT molecular complexity index is 568. The maximum atomic E-state index is 11.9. The van der Waals surface area contributed by atoms with Crippen LogP contribution in [0.2, 0.25) is 5.02 Å². The van der Waals surface area contributed by atoms with E-state index in [4.69, 9.17) is 11.6 Å². The number of hydrogen-bond acceptors (Lipinski definition) is 4. The minimum Gasteiger partial charge on any atom is -0.449 e. The van der Waals surface area contributed by atoms with E-state index in [1.165, 1.54) is 18.2 Å². The van der Waals surface area contributed by atoms with Crippen LogP contribution >= 0.6 is 11.6 Å². The van der Waals surface area contributed by atoms with E-state index in [9.17, 15) is 13.2 Å². The van der Waals surface area contributed by atoms with Gasteiger partial charge in [0, 0.05) is 0 Å². The SMILES string of the molecule is C=Cc1ccc(Cl)c(S(=O)(=O)NC(=O)OCC)c1. The molecule has 0 saturated carbocycles. The van der Waals surface area contributed by atoms with E-state index < -0.39 is 16.1 Å². The number of ether oxygens (including phenoxy) is 1. The predicted octanol–water partition coefficient (Wildman–Crippen LogP) is 2.42. The Morgan fingerprint density at radius 2 is 2.22 bits per heavy atom. The quantitative estimate of drug-likeness (QED) is 0.924. The van der Waals surface area contributed by atoms with Gasteiger partial charge >= 0.3 is 6.09 Å². The van der Waals surface area contributed by atoms with Crippen LogP contribution in [0.15, 0.2) is 29.7 Å². The van der Waals surface area contributed by atoms with Crippen molar-refractivity contribution in [2.75, 3.05) is 6.61 Å². The first-order valence-corrected chi connectivity index (χ1v) is 6.88. The highest BCUT2D eigenvalue weighted by atomic mass is 35.5. The van der Waals surface area contributed by atoms with Crippen molar-refractivity contribution in [2.45, 2.75) is 11.8 Å². The zero-order chi connectivity index (χ0) is 13.8. The summed E-state index contributed by atoms with van der Waals surface area (Å²) in [6.07, 6.45) is 0.428. The third kappa shape index (κ3) is 3.48. The summed E-state index contributed by atoms with van der Waals surface area (Å²) in [5.41, 5.74) is 0.573. The molecular weight excluding hydrogens is 278 g/mol. The van der Waals surface area contributed by atoms with Gasteiger partial charge in [0.2, 0.25) is 0 Å². The van der Waals surface area contributed by atoms with Crippen LogP contribution in [0.3, 0.4) is 0 Å². The topological polar surface area (TPSA) is 72.5 Å². The van der Waals surface area contributed by atoms with Crippen molar-refractivity contribution in [2.24, 2.45) is 0 Å². The van der Waals surface area contributed by atoms with Gasteiger partial charge in [-0.3, -0.25) is 0 Å². The molecule has 98 valence electrons. The molecule has 0 fully saturated rings. The zero-order valence-corrected chi connectivity index (χ0v) is 11.2. The van der Waals surface area contributed by atoms with Crippen LogP contribution in [0.4, 0.5) is 4.79 Å². The van der Waals surface area contributed by atoms with Gasteiger partial charge in [0.15, 0.2) is 0 Å². The van der Waals surface area contributed by atoms with Gasteiger partial charge in [-0.2, -0.15) is 0 Å². The smallest absolute Gasteiger partial charge is 0.421 e. The maximum Gasteiger partial charge on any atom is 0.421 e. The lowest BCUT2D eigenvalue weighted by molar-refractivity contribution is 0.158. The van der Waals surface area contributed by atoms with Crippen molar-refractivity contribution in [1.82, 2.24) is 4.72 Å². The van der Waals surface area contributed by atoms with Gasteiger partial charge in [0.25, 0.3) is 10.0 Å². The molecule has 1 amide bonds. The Morgan fingerprint density at radius 3 is 2.78 bits per heavy atom. The fourth-order valence-corrected chi connectivity index (χ4v) is 2.60. The summed E-state index contributed by atoms with van der Waals surface area (Å²) in [6.45, 7) is 5.16. The van der Waals surface area contributed by atoms with Gasteiger partial charge in [0.05, 0.1) is 11.6 Å². The molecule has 0 heterocycles. The Labute approximate surface area is 110 Å². The largest absolute Gasteiger partial charge is 0.449 e. The molecule has 0 saturated heterocycles. The molecule has 18 heavy (non-hydrogen) atoms. The molecule has 0 spiro atoms. The number of carbonyl (C=O) groups excluding carboxylic acids is 1. The molecule has 7 heteroatoms. The van der Waals surface area contributed by atoms with E-state index in [-0.39, 0.29) is 16.5 Å². The number of carbonyl (C=O) groups is 1. The molecule has 0 aliphatic rings. The second-order valence-electron chi connectivity index (χ2n) is 3.22. The molecule has 0 bridgehead atoms. The van der Waals surface area contributed by atoms with Crippen molar-refractivity contribution in [3.8, 4) is 0 Å². The highest BCUT2D eigenvalue weighted by Crippen LogP contribution is 2.23. The third-order valence-corrected chi connectivity index (χ3v) is 3.77. The van der Waals surface area contributed by atoms with Crippen molar-refractivity contribution >= 4 is 33.8 Å². The molecule has 5 nitrogen and oxygen atoms in total. The molecule has 0 radical (unpaired) electrons. The summed E-state index contributed by atoms with van der Waals surface area (Å²) >= 11 is 5.79. The summed E-state index contributed by atoms with van der Waals surface area (Å²) in [6, 6.07) is 4.34. The summed E-state index contributed by atoms with van der Waals surface area (Å²) in [4.78, 5) is 10.9. The monoisotopic (exact) mass is 289 g/mol. The van der Waals surface area contributed by atoms with Crippen LogP contribution in [-0.4, -0.2) is 21.1 Å². The zero-order valence-electron chi connectivity index (χ0n) is 9.64. The second-order valence-corrected chi connectivity index (χ2v) is 5.28. The summed E-state index contributed by atoms with van der Waals surface area (Å²) in [5.74, 6) is 0. The van der Waals surface area contributed by atoms with Gasteiger partial charge in [0.1, 0.15) is 4.90 Å². The number of sulfonamides is 1. The van der Waals surface area contributed by atoms with Crippen molar-refractivity contribution in [3.63, 3.8) is 0 Å².